The monoisotopic (exact) mass is 253 g/mol. The van der Waals surface area contributed by atoms with Gasteiger partial charge in [-0.15, -0.1) is 0 Å². The molecule has 0 aliphatic rings. The van der Waals surface area contributed by atoms with Gasteiger partial charge in [0.1, 0.15) is 0 Å². The fraction of sp³-hybridized carbons (Fsp3) is 0.400. The summed E-state index contributed by atoms with van der Waals surface area (Å²) < 4.78 is 38.1. The van der Waals surface area contributed by atoms with Crippen molar-refractivity contribution in [2.45, 2.75) is 18.7 Å². The van der Waals surface area contributed by atoms with Gasteiger partial charge in [-0.1, -0.05) is 17.7 Å². The Morgan fingerprint density at radius 3 is 2.31 bits per heavy atom. The molecule has 0 heterocycles. The molecule has 0 saturated heterocycles. The first-order valence-corrected chi connectivity index (χ1v) is 4.86. The molecule has 1 atom stereocenters. The van der Waals surface area contributed by atoms with Gasteiger partial charge < -0.3 is 10.8 Å². The van der Waals surface area contributed by atoms with Crippen LogP contribution in [0.15, 0.2) is 18.2 Å². The van der Waals surface area contributed by atoms with Gasteiger partial charge in [0.15, 0.2) is 0 Å². The summed E-state index contributed by atoms with van der Waals surface area (Å²) in [4.78, 5) is 0. The molecule has 0 saturated carbocycles. The second kappa shape index (κ2) is 4.24. The number of aliphatic hydroxyl groups is 1. The number of rotatable bonds is 2. The molecule has 0 radical (unpaired) electrons. The van der Waals surface area contributed by atoms with Gasteiger partial charge in [0.25, 0.3) is 0 Å². The summed E-state index contributed by atoms with van der Waals surface area (Å²) in [7, 11) is 0. The van der Waals surface area contributed by atoms with Gasteiger partial charge in [-0.3, -0.25) is 0 Å². The zero-order valence-corrected chi connectivity index (χ0v) is 9.23. The molecule has 0 bridgehead atoms. The smallest absolute Gasteiger partial charge is 0.384 e. The van der Waals surface area contributed by atoms with Gasteiger partial charge in [-0.25, -0.2) is 0 Å². The summed E-state index contributed by atoms with van der Waals surface area (Å²) in [6.45, 7) is 0.920. The first kappa shape index (κ1) is 13.3. The highest BCUT2D eigenvalue weighted by Crippen LogP contribution is 2.37. The Bertz CT molecular complexity index is 390. The number of nitrogens with two attached hydrogens (primary N) is 1. The maximum Gasteiger partial charge on any atom is 0.416 e. The fourth-order valence-electron chi connectivity index (χ4n) is 1.33. The molecule has 0 aromatic heterocycles. The fourth-order valence-corrected chi connectivity index (χ4v) is 1.50. The Labute approximate surface area is 95.8 Å². The average Bonchev–Trinajstić information content (AvgIpc) is 2.16. The SMILES string of the molecule is CC(O)(CN)c1ccc(Cl)cc1C(F)(F)F. The van der Waals surface area contributed by atoms with E-state index < -0.39 is 17.3 Å². The largest absolute Gasteiger partial charge is 0.416 e. The Kier molecular flexibility index (Phi) is 3.52. The summed E-state index contributed by atoms with van der Waals surface area (Å²) >= 11 is 5.50. The zero-order chi connectivity index (χ0) is 12.6. The van der Waals surface area contributed by atoms with E-state index in [4.69, 9.17) is 17.3 Å². The molecular weight excluding hydrogens is 243 g/mol. The topological polar surface area (TPSA) is 46.2 Å². The van der Waals surface area contributed by atoms with Gasteiger partial charge in [-0.2, -0.15) is 13.2 Å². The third kappa shape index (κ3) is 2.66. The number of hydrogen-bond donors (Lipinski definition) is 2. The Hall–Kier alpha value is -0.780. The number of halogens is 4. The summed E-state index contributed by atoms with van der Waals surface area (Å²) in [5.41, 5.74) is 2.28. The third-order valence-electron chi connectivity index (χ3n) is 2.26. The van der Waals surface area contributed by atoms with Crippen LogP contribution in [0.1, 0.15) is 18.1 Å². The van der Waals surface area contributed by atoms with Crippen molar-refractivity contribution in [2.24, 2.45) is 5.73 Å². The van der Waals surface area contributed by atoms with Crippen molar-refractivity contribution in [2.75, 3.05) is 6.54 Å². The minimum absolute atomic E-state index is 0.0381. The molecule has 16 heavy (non-hydrogen) atoms. The van der Waals surface area contributed by atoms with Crippen LogP contribution in [0, 0.1) is 0 Å². The van der Waals surface area contributed by atoms with Crippen molar-refractivity contribution < 1.29 is 18.3 Å². The van der Waals surface area contributed by atoms with E-state index in [1.54, 1.807) is 0 Å². The molecule has 3 N–H and O–H groups in total. The highest BCUT2D eigenvalue weighted by atomic mass is 35.5. The van der Waals surface area contributed by atoms with Crippen LogP contribution in [0.3, 0.4) is 0 Å². The predicted molar refractivity (Wildman–Crippen MR) is 55.1 cm³/mol. The molecule has 2 nitrogen and oxygen atoms in total. The van der Waals surface area contributed by atoms with Gasteiger partial charge >= 0.3 is 6.18 Å². The summed E-state index contributed by atoms with van der Waals surface area (Å²) in [5, 5.41) is 9.72. The molecule has 90 valence electrons. The van der Waals surface area contributed by atoms with E-state index >= 15 is 0 Å². The normalized spacial score (nSPS) is 15.9. The molecule has 1 rings (SSSR count). The molecule has 1 aromatic carbocycles. The lowest BCUT2D eigenvalue weighted by Crippen LogP contribution is -2.33. The maximum atomic E-state index is 12.7. The van der Waals surface area contributed by atoms with Crippen LogP contribution in [0.2, 0.25) is 5.02 Å². The van der Waals surface area contributed by atoms with Crippen LogP contribution in [0.5, 0.6) is 0 Å². The molecule has 6 heteroatoms. The van der Waals surface area contributed by atoms with Crippen LogP contribution in [0.25, 0.3) is 0 Å². The lowest BCUT2D eigenvalue weighted by molar-refractivity contribution is -0.140. The molecule has 0 fully saturated rings. The zero-order valence-electron chi connectivity index (χ0n) is 8.48. The Morgan fingerprint density at radius 1 is 1.31 bits per heavy atom. The van der Waals surface area contributed by atoms with E-state index in [9.17, 15) is 18.3 Å². The molecule has 0 spiro atoms. The Morgan fingerprint density at radius 2 is 1.88 bits per heavy atom. The minimum atomic E-state index is -4.57. The number of hydrogen-bond acceptors (Lipinski definition) is 2. The lowest BCUT2D eigenvalue weighted by Gasteiger charge is -2.25. The van der Waals surface area contributed by atoms with Crippen LogP contribution in [-0.4, -0.2) is 11.7 Å². The highest BCUT2D eigenvalue weighted by molar-refractivity contribution is 6.30. The van der Waals surface area contributed by atoms with E-state index in [0.717, 1.165) is 12.1 Å². The summed E-state index contributed by atoms with van der Waals surface area (Å²) in [5.74, 6) is 0. The number of benzene rings is 1. The van der Waals surface area contributed by atoms with Crippen LogP contribution in [0.4, 0.5) is 13.2 Å². The van der Waals surface area contributed by atoms with Gasteiger partial charge in [-0.05, 0) is 24.6 Å². The van der Waals surface area contributed by atoms with Crippen LogP contribution >= 0.6 is 11.6 Å². The molecule has 1 unspecified atom stereocenters. The van der Waals surface area contributed by atoms with Crippen LogP contribution in [-0.2, 0) is 11.8 Å². The number of alkyl halides is 3. The van der Waals surface area contributed by atoms with Crippen LogP contribution < -0.4 is 5.73 Å². The molecule has 0 aliphatic heterocycles. The van der Waals surface area contributed by atoms with Crippen molar-refractivity contribution in [3.63, 3.8) is 0 Å². The van der Waals surface area contributed by atoms with E-state index in [1.165, 1.54) is 13.0 Å². The van der Waals surface area contributed by atoms with Crippen molar-refractivity contribution in [1.82, 2.24) is 0 Å². The third-order valence-corrected chi connectivity index (χ3v) is 2.50. The highest BCUT2D eigenvalue weighted by Gasteiger charge is 2.38. The molecule has 0 aliphatic carbocycles. The molecule has 1 aromatic rings. The predicted octanol–water partition coefficient (Wildman–Crippen LogP) is 2.53. The summed E-state index contributed by atoms with van der Waals surface area (Å²) in [6, 6.07) is 3.20. The first-order valence-electron chi connectivity index (χ1n) is 4.48. The van der Waals surface area contributed by atoms with Crippen molar-refractivity contribution in [3.05, 3.63) is 34.3 Å². The second-order valence-electron chi connectivity index (χ2n) is 3.67. The Balaban J connectivity index is 3.40. The van der Waals surface area contributed by atoms with Crippen molar-refractivity contribution in [3.8, 4) is 0 Å². The quantitative estimate of drug-likeness (QED) is 0.851. The van der Waals surface area contributed by atoms with Gasteiger partial charge in [0.05, 0.1) is 11.2 Å². The standard InChI is InChI=1S/C10H11ClF3NO/c1-9(16,5-15)7-3-2-6(11)4-8(7)10(12,13)14/h2-4,16H,5,15H2,1H3. The lowest BCUT2D eigenvalue weighted by atomic mass is 9.91. The van der Waals surface area contributed by atoms with E-state index in [-0.39, 0.29) is 17.1 Å². The van der Waals surface area contributed by atoms with Crippen molar-refractivity contribution >= 4 is 11.6 Å². The van der Waals surface area contributed by atoms with E-state index in [0.29, 0.717) is 0 Å². The van der Waals surface area contributed by atoms with E-state index in [1.807, 2.05) is 0 Å². The maximum absolute atomic E-state index is 12.7. The van der Waals surface area contributed by atoms with E-state index in [2.05, 4.69) is 0 Å². The molecular formula is C10H11ClF3NO. The van der Waals surface area contributed by atoms with Gasteiger partial charge in [0, 0.05) is 11.6 Å². The minimum Gasteiger partial charge on any atom is -0.384 e. The first-order chi connectivity index (χ1) is 7.18. The second-order valence-corrected chi connectivity index (χ2v) is 4.10. The average molecular weight is 254 g/mol. The molecule has 0 amide bonds. The van der Waals surface area contributed by atoms with Gasteiger partial charge in [0.2, 0.25) is 0 Å². The summed E-state index contributed by atoms with van der Waals surface area (Å²) in [6.07, 6.45) is -4.57. The van der Waals surface area contributed by atoms with Crippen molar-refractivity contribution in [1.29, 1.82) is 0 Å².